The maximum absolute atomic E-state index is 12.5. The van der Waals surface area contributed by atoms with Crippen LogP contribution in [0.1, 0.15) is 30.0 Å². The van der Waals surface area contributed by atoms with Crippen molar-refractivity contribution in [2.75, 3.05) is 27.2 Å². The molecular formula is C23H31N3O2. The number of hydrogen-bond donors (Lipinski definition) is 1. The SMILES string of the molecule is CCC(CNC(=O)N(C)Cc1ccc(OC)cc1)N1CCc2ccccc2C1. The van der Waals surface area contributed by atoms with Gasteiger partial charge in [0, 0.05) is 39.3 Å². The summed E-state index contributed by atoms with van der Waals surface area (Å²) in [4.78, 5) is 16.8. The maximum Gasteiger partial charge on any atom is 0.317 e. The van der Waals surface area contributed by atoms with Gasteiger partial charge in [-0.15, -0.1) is 0 Å². The topological polar surface area (TPSA) is 44.8 Å². The number of nitrogens with zero attached hydrogens (tertiary/aromatic N) is 2. The van der Waals surface area contributed by atoms with Gasteiger partial charge in [0.15, 0.2) is 0 Å². The molecule has 0 aromatic heterocycles. The number of benzene rings is 2. The Morgan fingerprint density at radius 3 is 2.57 bits per heavy atom. The maximum atomic E-state index is 12.5. The average molecular weight is 382 g/mol. The van der Waals surface area contributed by atoms with Crippen molar-refractivity contribution in [3.05, 3.63) is 65.2 Å². The Hall–Kier alpha value is -2.53. The number of fused-ring (bicyclic) bond motifs is 1. The van der Waals surface area contributed by atoms with Gasteiger partial charge in [0.1, 0.15) is 5.75 Å². The van der Waals surface area contributed by atoms with Crippen molar-refractivity contribution < 1.29 is 9.53 Å². The zero-order chi connectivity index (χ0) is 19.9. The first-order valence-corrected chi connectivity index (χ1v) is 10.0. The second-order valence-electron chi connectivity index (χ2n) is 7.44. The Kier molecular flexibility index (Phi) is 6.93. The normalized spacial score (nSPS) is 14.8. The summed E-state index contributed by atoms with van der Waals surface area (Å²) >= 11 is 0. The Balaban J connectivity index is 1.50. The number of hydrogen-bond acceptors (Lipinski definition) is 3. The van der Waals surface area contributed by atoms with Gasteiger partial charge in [-0.1, -0.05) is 43.3 Å². The monoisotopic (exact) mass is 381 g/mol. The number of rotatable bonds is 7. The molecule has 0 saturated heterocycles. The molecule has 3 rings (SSSR count). The first-order valence-electron chi connectivity index (χ1n) is 10.0. The van der Waals surface area contributed by atoms with Gasteiger partial charge in [-0.25, -0.2) is 4.79 Å². The first kappa shape index (κ1) is 20.2. The number of methoxy groups -OCH3 is 1. The molecular weight excluding hydrogens is 350 g/mol. The van der Waals surface area contributed by atoms with Crippen LogP contribution >= 0.6 is 0 Å². The summed E-state index contributed by atoms with van der Waals surface area (Å²) in [5.41, 5.74) is 3.95. The summed E-state index contributed by atoms with van der Waals surface area (Å²) < 4.78 is 5.18. The molecule has 0 bridgehead atoms. The van der Waals surface area contributed by atoms with Crippen LogP contribution in [0.25, 0.3) is 0 Å². The Morgan fingerprint density at radius 1 is 1.18 bits per heavy atom. The third-order valence-electron chi connectivity index (χ3n) is 5.56. The highest BCUT2D eigenvalue weighted by Gasteiger charge is 2.23. The van der Waals surface area contributed by atoms with Crippen LogP contribution in [0.4, 0.5) is 4.79 Å². The van der Waals surface area contributed by atoms with Gasteiger partial charge < -0.3 is 15.0 Å². The fourth-order valence-electron chi connectivity index (χ4n) is 3.78. The van der Waals surface area contributed by atoms with Crippen LogP contribution in [0.3, 0.4) is 0 Å². The highest BCUT2D eigenvalue weighted by atomic mass is 16.5. The molecule has 1 aliphatic heterocycles. The molecule has 28 heavy (non-hydrogen) atoms. The van der Waals surface area contributed by atoms with Crippen molar-refractivity contribution in [1.82, 2.24) is 15.1 Å². The van der Waals surface area contributed by atoms with Crippen molar-refractivity contribution in [2.45, 2.75) is 38.9 Å². The highest BCUT2D eigenvalue weighted by molar-refractivity contribution is 5.73. The number of nitrogens with one attached hydrogen (secondary N) is 1. The predicted octanol–water partition coefficient (Wildman–Crippen LogP) is 3.67. The van der Waals surface area contributed by atoms with E-state index in [1.807, 2.05) is 31.3 Å². The predicted molar refractivity (Wildman–Crippen MR) is 112 cm³/mol. The molecule has 0 radical (unpaired) electrons. The van der Waals surface area contributed by atoms with Crippen molar-refractivity contribution in [1.29, 1.82) is 0 Å². The molecule has 1 N–H and O–H groups in total. The Labute approximate surface area is 168 Å². The number of ether oxygens (including phenoxy) is 1. The van der Waals surface area contributed by atoms with Crippen molar-refractivity contribution in [3.8, 4) is 5.75 Å². The summed E-state index contributed by atoms with van der Waals surface area (Å²) in [6, 6.07) is 16.8. The van der Waals surface area contributed by atoms with E-state index in [4.69, 9.17) is 4.74 Å². The van der Waals surface area contributed by atoms with Crippen LogP contribution in [0.5, 0.6) is 5.75 Å². The van der Waals surface area contributed by atoms with E-state index in [2.05, 4.69) is 41.4 Å². The number of urea groups is 1. The molecule has 1 unspecified atom stereocenters. The summed E-state index contributed by atoms with van der Waals surface area (Å²) in [6.45, 7) is 5.45. The lowest BCUT2D eigenvalue weighted by Gasteiger charge is -2.35. The van der Waals surface area contributed by atoms with E-state index in [0.717, 1.165) is 37.2 Å². The zero-order valence-corrected chi connectivity index (χ0v) is 17.1. The molecule has 1 aliphatic rings. The van der Waals surface area contributed by atoms with Gasteiger partial charge in [0.25, 0.3) is 0 Å². The van der Waals surface area contributed by atoms with Gasteiger partial charge in [-0.3, -0.25) is 4.90 Å². The van der Waals surface area contributed by atoms with Gasteiger partial charge in [-0.2, -0.15) is 0 Å². The lowest BCUT2D eigenvalue weighted by atomic mass is 9.98. The van der Waals surface area contributed by atoms with Crippen molar-refractivity contribution in [2.24, 2.45) is 0 Å². The van der Waals surface area contributed by atoms with E-state index < -0.39 is 0 Å². The van der Waals surface area contributed by atoms with Crippen LogP contribution in [0, 0.1) is 0 Å². The summed E-state index contributed by atoms with van der Waals surface area (Å²) in [5, 5.41) is 3.12. The van der Waals surface area contributed by atoms with Crippen LogP contribution in [-0.4, -0.2) is 49.1 Å². The van der Waals surface area contributed by atoms with Crippen molar-refractivity contribution >= 4 is 6.03 Å². The van der Waals surface area contributed by atoms with Crippen LogP contribution in [0.15, 0.2) is 48.5 Å². The standard InChI is InChI=1S/C23H31N3O2/c1-4-21(26-14-13-19-7-5-6-8-20(19)17-26)15-24-23(27)25(2)16-18-9-11-22(28-3)12-10-18/h5-12,21H,4,13-17H2,1-3H3,(H,24,27). The molecule has 0 spiro atoms. The van der Waals surface area contributed by atoms with Gasteiger partial charge in [0.2, 0.25) is 0 Å². The second kappa shape index (κ2) is 9.60. The summed E-state index contributed by atoms with van der Waals surface area (Å²) in [7, 11) is 3.48. The summed E-state index contributed by atoms with van der Waals surface area (Å²) in [5.74, 6) is 0.824. The second-order valence-corrected chi connectivity index (χ2v) is 7.44. The van der Waals surface area contributed by atoms with E-state index >= 15 is 0 Å². The number of carbonyl (C=O) groups is 1. The molecule has 0 aliphatic carbocycles. The van der Waals surface area contributed by atoms with E-state index in [1.165, 1.54) is 11.1 Å². The lowest BCUT2D eigenvalue weighted by Crippen LogP contribution is -2.48. The minimum atomic E-state index is -0.0355. The zero-order valence-electron chi connectivity index (χ0n) is 17.1. The molecule has 5 nitrogen and oxygen atoms in total. The van der Waals surface area contributed by atoms with Gasteiger partial charge >= 0.3 is 6.03 Å². The fourth-order valence-corrected chi connectivity index (χ4v) is 3.78. The largest absolute Gasteiger partial charge is 0.497 e. The minimum Gasteiger partial charge on any atom is -0.497 e. The molecule has 0 saturated carbocycles. The average Bonchev–Trinajstić information content (AvgIpc) is 2.74. The van der Waals surface area contributed by atoms with Crippen molar-refractivity contribution in [3.63, 3.8) is 0 Å². The first-order chi connectivity index (χ1) is 13.6. The highest BCUT2D eigenvalue weighted by Crippen LogP contribution is 2.21. The molecule has 150 valence electrons. The van der Waals surface area contributed by atoms with E-state index in [0.29, 0.717) is 19.1 Å². The minimum absolute atomic E-state index is 0.0355. The smallest absolute Gasteiger partial charge is 0.317 e. The molecule has 1 heterocycles. The van der Waals surface area contributed by atoms with E-state index in [1.54, 1.807) is 12.0 Å². The Bertz CT molecular complexity index is 776. The fraction of sp³-hybridized carbons (Fsp3) is 0.435. The molecule has 2 amide bonds. The molecule has 2 aromatic carbocycles. The van der Waals surface area contributed by atoms with Crippen LogP contribution in [-0.2, 0) is 19.5 Å². The number of carbonyl (C=O) groups excluding carboxylic acids is 1. The number of amides is 2. The van der Waals surface area contributed by atoms with E-state index in [9.17, 15) is 4.79 Å². The molecule has 5 heteroatoms. The van der Waals surface area contributed by atoms with Crippen LogP contribution in [0.2, 0.25) is 0 Å². The summed E-state index contributed by atoms with van der Waals surface area (Å²) in [6.07, 6.45) is 2.10. The third kappa shape index (κ3) is 5.04. The van der Waals surface area contributed by atoms with Crippen LogP contribution < -0.4 is 10.1 Å². The molecule has 0 fully saturated rings. The van der Waals surface area contributed by atoms with E-state index in [-0.39, 0.29) is 6.03 Å². The molecule has 1 atom stereocenters. The lowest BCUT2D eigenvalue weighted by molar-refractivity contribution is 0.163. The Morgan fingerprint density at radius 2 is 1.89 bits per heavy atom. The quantitative estimate of drug-likeness (QED) is 0.796. The van der Waals surface area contributed by atoms with Gasteiger partial charge in [0.05, 0.1) is 7.11 Å². The third-order valence-corrected chi connectivity index (χ3v) is 5.56. The van der Waals surface area contributed by atoms with Gasteiger partial charge in [-0.05, 0) is 41.7 Å². The molecule has 2 aromatic rings.